The van der Waals surface area contributed by atoms with Crippen LogP contribution in [0.3, 0.4) is 0 Å². The van der Waals surface area contributed by atoms with Crippen LogP contribution in [0.25, 0.3) is 11.4 Å². The first kappa shape index (κ1) is 15.4. The molecule has 0 aliphatic carbocycles. The summed E-state index contributed by atoms with van der Waals surface area (Å²) >= 11 is 0. The molecule has 0 amide bonds. The minimum Gasteiger partial charge on any atom is -0.508 e. The van der Waals surface area contributed by atoms with E-state index < -0.39 is 0 Å². The molecule has 0 saturated carbocycles. The summed E-state index contributed by atoms with van der Waals surface area (Å²) in [7, 11) is 0. The van der Waals surface area contributed by atoms with Crippen LogP contribution in [-0.2, 0) is 6.42 Å². The van der Waals surface area contributed by atoms with Gasteiger partial charge in [-0.2, -0.15) is 0 Å². The van der Waals surface area contributed by atoms with Crippen molar-refractivity contribution in [1.82, 2.24) is 14.9 Å². The molecule has 0 unspecified atom stereocenters. The Morgan fingerprint density at radius 2 is 1.79 bits per heavy atom. The summed E-state index contributed by atoms with van der Waals surface area (Å²) < 4.78 is 0. The van der Waals surface area contributed by atoms with Crippen LogP contribution < -0.4 is 4.90 Å². The van der Waals surface area contributed by atoms with Gasteiger partial charge in [0.2, 0.25) is 0 Å². The minimum absolute atomic E-state index is 0.267. The van der Waals surface area contributed by atoms with Crippen molar-refractivity contribution in [2.24, 2.45) is 0 Å². The highest BCUT2D eigenvalue weighted by molar-refractivity contribution is 5.61. The first-order valence-electron chi connectivity index (χ1n) is 8.92. The number of aromatic hydroxyl groups is 1. The summed E-state index contributed by atoms with van der Waals surface area (Å²) in [6.45, 7) is 5.84. The van der Waals surface area contributed by atoms with Crippen molar-refractivity contribution in [3.8, 4) is 17.1 Å². The average Bonchev–Trinajstić information content (AvgIpc) is 3.25. The second-order valence-electron chi connectivity index (χ2n) is 6.73. The fourth-order valence-corrected chi connectivity index (χ4v) is 3.67. The maximum atomic E-state index is 9.43. The van der Waals surface area contributed by atoms with Crippen LogP contribution in [0, 0.1) is 0 Å². The number of anilines is 1. The molecule has 0 bridgehead atoms. The number of rotatable bonds is 5. The molecule has 1 aromatic heterocycles. The van der Waals surface area contributed by atoms with Crippen LogP contribution in [-0.4, -0.2) is 52.7 Å². The number of likely N-dealkylation sites (tertiary alicyclic amines) is 1. The average molecular weight is 324 g/mol. The number of hydrogen-bond donors (Lipinski definition) is 1. The van der Waals surface area contributed by atoms with Gasteiger partial charge >= 0.3 is 0 Å². The van der Waals surface area contributed by atoms with E-state index in [9.17, 15) is 5.11 Å². The Hall–Kier alpha value is -2.14. The quantitative estimate of drug-likeness (QED) is 0.916. The topological polar surface area (TPSA) is 52.5 Å². The highest BCUT2D eigenvalue weighted by Crippen LogP contribution is 2.28. The summed E-state index contributed by atoms with van der Waals surface area (Å²) in [5, 5.41) is 9.43. The van der Waals surface area contributed by atoms with E-state index in [1.807, 2.05) is 18.3 Å². The van der Waals surface area contributed by atoms with E-state index in [1.54, 1.807) is 12.1 Å². The molecule has 5 nitrogen and oxygen atoms in total. The molecule has 2 aliphatic rings. The Bertz CT molecular complexity index is 695. The molecule has 3 heterocycles. The zero-order chi connectivity index (χ0) is 16.4. The van der Waals surface area contributed by atoms with E-state index in [2.05, 4.69) is 14.8 Å². The highest BCUT2D eigenvalue weighted by atomic mass is 16.3. The summed E-state index contributed by atoms with van der Waals surface area (Å²) in [4.78, 5) is 14.3. The lowest BCUT2D eigenvalue weighted by molar-refractivity contribution is 0.335. The second kappa shape index (κ2) is 6.77. The lowest BCUT2D eigenvalue weighted by Crippen LogP contribution is -2.28. The number of phenolic OH excluding ortho intramolecular Hbond substituents is 1. The summed E-state index contributed by atoms with van der Waals surface area (Å²) in [5.41, 5.74) is 2.19. The Labute approximate surface area is 143 Å². The Morgan fingerprint density at radius 1 is 1.00 bits per heavy atom. The van der Waals surface area contributed by atoms with Gasteiger partial charge in [-0.15, -0.1) is 0 Å². The minimum atomic E-state index is 0.267. The van der Waals surface area contributed by atoms with E-state index >= 15 is 0 Å². The largest absolute Gasteiger partial charge is 0.508 e. The van der Waals surface area contributed by atoms with Crippen LogP contribution in [0.5, 0.6) is 5.75 Å². The number of hydrogen-bond acceptors (Lipinski definition) is 5. The smallest absolute Gasteiger partial charge is 0.161 e. The third kappa shape index (κ3) is 3.22. The van der Waals surface area contributed by atoms with Crippen LogP contribution in [0.1, 0.15) is 24.8 Å². The zero-order valence-electron chi connectivity index (χ0n) is 14.0. The number of nitrogens with zero attached hydrogens (tertiary/aromatic N) is 4. The third-order valence-corrected chi connectivity index (χ3v) is 5.02. The van der Waals surface area contributed by atoms with Crippen molar-refractivity contribution in [1.29, 1.82) is 0 Å². The summed E-state index contributed by atoms with van der Waals surface area (Å²) in [6, 6.07) is 7.09. The Morgan fingerprint density at radius 3 is 2.58 bits per heavy atom. The molecule has 0 radical (unpaired) electrons. The van der Waals surface area contributed by atoms with Crippen molar-refractivity contribution in [2.75, 3.05) is 37.6 Å². The van der Waals surface area contributed by atoms with Crippen LogP contribution in [0.2, 0.25) is 0 Å². The molecule has 4 rings (SSSR count). The van der Waals surface area contributed by atoms with Crippen LogP contribution in [0.4, 0.5) is 5.82 Å². The van der Waals surface area contributed by atoms with Gasteiger partial charge in [-0.3, -0.25) is 0 Å². The zero-order valence-corrected chi connectivity index (χ0v) is 14.0. The first-order valence-corrected chi connectivity index (χ1v) is 8.92. The van der Waals surface area contributed by atoms with Gasteiger partial charge < -0.3 is 14.9 Å². The van der Waals surface area contributed by atoms with Crippen molar-refractivity contribution in [3.05, 3.63) is 36.0 Å². The fourth-order valence-electron chi connectivity index (χ4n) is 3.67. The molecule has 1 aromatic carbocycles. The van der Waals surface area contributed by atoms with Gasteiger partial charge in [0.1, 0.15) is 11.6 Å². The maximum Gasteiger partial charge on any atom is 0.161 e. The normalized spacial score (nSPS) is 17.4. The first-order chi connectivity index (χ1) is 11.8. The summed E-state index contributed by atoms with van der Waals surface area (Å²) in [5.74, 6) is 2.10. The van der Waals surface area contributed by atoms with Crippen LogP contribution in [0.15, 0.2) is 30.5 Å². The highest BCUT2D eigenvalue weighted by Gasteiger charge is 2.22. The van der Waals surface area contributed by atoms with Gasteiger partial charge in [-0.05, 0) is 69.6 Å². The lowest BCUT2D eigenvalue weighted by atomic mass is 10.2. The van der Waals surface area contributed by atoms with Crippen molar-refractivity contribution < 1.29 is 5.11 Å². The molecule has 126 valence electrons. The maximum absolute atomic E-state index is 9.43. The molecule has 2 aliphatic heterocycles. The van der Waals surface area contributed by atoms with Gasteiger partial charge in [0.05, 0.1) is 0 Å². The van der Waals surface area contributed by atoms with Gasteiger partial charge in [0.25, 0.3) is 0 Å². The molecule has 0 spiro atoms. The molecular formula is C19H24N4O. The van der Waals surface area contributed by atoms with Crippen molar-refractivity contribution >= 4 is 5.82 Å². The summed E-state index contributed by atoms with van der Waals surface area (Å²) in [6.07, 6.45) is 6.91. The van der Waals surface area contributed by atoms with E-state index in [0.717, 1.165) is 36.7 Å². The van der Waals surface area contributed by atoms with Crippen molar-refractivity contribution in [3.63, 3.8) is 0 Å². The van der Waals surface area contributed by atoms with Gasteiger partial charge in [0, 0.05) is 30.4 Å². The SMILES string of the molecule is Oc1ccc(-c2ncc3c(n2)N(CCCN2CCCC2)CC3)cc1. The number of phenols is 1. The Balaban J connectivity index is 1.45. The number of fused-ring (bicyclic) bond motifs is 1. The molecular weight excluding hydrogens is 300 g/mol. The fraction of sp³-hybridized carbons (Fsp3) is 0.474. The third-order valence-electron chi connectivity index (χ3n) is 5.02. The van der Waals surface area contributed by atoms with Gasteiger partial charge in [-0.25, -0.2) is 9.97 Å². The monoisotopic (exact) mass is 324 g/mol. The molecule has 24 heavy (non-hydrogen) atoms. The van der Waals surface area contributed by atoms with Gasteiger partial charge in [0.15, 0.2) is 5.82 Å². The van der Waals surface area contributed by atoms with Gasteiger partial charge in [-0.1, -0.05) is 0 Å². The molecule has 0 atom stereocenters. The predicted octanol–water partition coefficient (Wildman–Crippen LogP) is 2.70. The molecule has 1 saturated heterocycles. The van der Waals surface area contributed by atoms with E-state index in [4.69, 9.17) is 4.98 Å². The number of benzene rings is 1. The molecule has 1 fully saturated rings. The standard InChI is InChI=1S/C19H24N4O/c24-17-6-4-15(5-7-17)18-20-14-16-8-13-23(19(16)21-18)12-3-11-22-9-1-2-10-22/h4-7,14,24H,1-3,8-13H2. The predicted molar refractivity (Wildman–Crippen MR) is 95.3 cm³/mol. The number of aromatic nitrogens is 2. The Kier molecular flexibility index (Phi) is 4.34. The van der Waals surface area contributed by atoms with Crippen molar-refractivity contribution in [2.45, 2.75) is 25.7 Å². The van der Waals surface area contributed by atoms with Crippen LogP contribution >= 0.6 is 0 Å². The molecule has 2 aromatic rings. The van der Waals surface area contributed by atoms with E-state index in [0.29, 0.717) is 0 Å². The molecule has 5 heteroatoms. The molecule has 1 N–H and O–H groups in total. The van der Waals surface area contributed by atoms with E-state index in [1.165, 1.54) is 44.5 Å². The van der Waals surface area contributed by atoms with E-state index in [-0.39, 0.29) is 5.75 Å². The second-order valence-corrected chi connectivity index (χ2v) is 6.73. The lowest BCUT2D eigenvalue weighted by Gasteiger charge is -2.21.